The standard InChI is InChI=1S/C15H22F5N3O2/c1-14(2)6-9(11(16)17)7-23(14)13(25)21-10-4-3-5-22(12(10)24)8-15(18,19)20/h9-11H,3-8H2,1-2H3,(H,21,25). The molecule has 0 spiro atoms. The van der Waals surface area contributed by atoms with E-state index in [0.717, 1.165) is 0 Å². The summed E-state index contributed by atoms with van der Waals surface area (Å²) in [7, 11) is 0. The summed E-state index contributed by atoms with van der Waals surface area (Å²) < 4.78 is 63.4. The molecule has 25 heavy (non-hydrogen) atoms. The summed E-state index contributed by atoms with van der Waals surface area (Å²) in [5.74, 6) is -1.75. The number of carbonyl (C=O) groups is 2. The quantitative estimate of drug-likeness (QED) is 0.776. The van der Waals surface area contributed by atoms with Crippen LogP contribution in [-0.2, 0) is 4.79 Å². The van der Waals surface area contributed by atoms with Crippen molar-refractivity contribution in [1.82, 2.24) is 15.1 Å². The van der Waals surface area contributed by atoms with Crippen LogP contribution < -0.4 is 5.32 Å². The average Bonchev–Trinajstić information content (AvgIpc) is 2.78. The van der Waals surface area contributed by atoms with Gasteiger partial charge in [-0.3, -0.25) is 4.79 Å². The van der Waals surface area contributed by atoms with Crippen LogP contribution in [0, 0.1) is 5.92 Å². The van der Waals surface area contributed by atoms with Gasteiger partial charge in [-0.1, -0.05) is 0 Å². The van der Waals surface area contributed by atoms with Crippen molar-refractivity contribution in [3.8, 4) is 0 Å². The van der Waals surface area contributed by atoms with E-state index >= 15 is 0 Å². The monoisotopic (exact) mass is 371 g/mol. The number of piperidine rings is 1. The van der Waals surface area contributed by atoms with Crippen LogP contribution in [0.2, 0.25) is 0 Å². The van der Waals surface area contributed by atoms with Gasteiger partial charge in [0.2, 0.25) is 12.3 Å². The van der Waals surface area contributed by atoms with Gasteiger partial charge < -0.3 is 15.1 Å². The van der Waals surface area contributed by atoms with Crippen molar-refractivity contribution < 1.29 is 31.5 Å². The van der Waals surface area contributed by atoms with Crippen molar-refractivity contribution in [3.05, 3.63) is 0 Å². The summed E-state index contributed by atoms with van der Waals surface area (Å²) in [4.78, 5) is 26.5. The van der Waals surface area contributed by atoms with Gasteiger partial charge in [-0.05, 0) is 33.1 Å². The molecule has 2 fully saturated rings. The topological polar surface area (TPSA) is 52.7 Å². The Kier molecular flexibility index (Phi) is 5.48. The van der Waals surface area contributed by atoms with Gasteiger partial charge in [0.1, 0.15) is 12.6 Å². The zero-order valence-corrected chi connectivity index (χ0v) is 14.1. The van der Waals surface area contributed by atoms with E-state index in [-0.39, 0.29) is 25.9 Å². The van der Waals surface area contributed by atoms with Crippen molar-refractivity contribution in [2.75, 3.05) is 19.6 Å². The Hall–Kier alpha value is -1.61. The number of amides is 3. The van der Waals surface area contributed by atoms with Gasteiger partial charge in [0.15, 0.2) is 0 Å². The van der Waals surface area contributed by atoms with Crippen molar-refractivity contribution >= 4 is 11.9 Å². The lowest BCUT2D eigenvalue weighted by Gasteiger charge is -2.36. The Morgan fingerprint density at radius 2 is 2.00 bits per heavy atom. The highest BCUT2D eigenvalue weighted by molar-refractivity contribution is 5.88. The fourth-order valence-electron chi connectivity index (χ4n) is 3.50. The molecule has 2 heterocycles. The maximum absolute atomic E-state index is 12.9. The van der Waals surface area contributed by atoms with Gasteiger partial charge in [-0.25, -0.2) is 13.6 Å². The summed E-state index contributed by atoms with van der Waals surface area (Å²) >= 11 is 0. The van der Waals surface area contributed by atoms with Crippen molar-refractivity contribution in [2.45, 2.75) is 57.3 Å². The molecule has 0 aromatic heterocycles. The number of hydrogen-bond donors (Lipinski definition) is 1. The minimum absolute atomic E-state index is 0.0205. The number of carbonyl (C=O) groups excluding carboxylic acids is 2. The molecule has 2 atom stereocenters. The molecule has 2 rings (SSSR count). The molecule has 2 aliphatic heterocycles. The highest BCUT2D eigenvalue weighted by atomic mass is 19.4. The summed E-state index contributed by atoms with van der Waals surface area (Å²) in [6, 6.07) is -1.76. The lowest BCUT2D eigenvalue weighted by Crippen LogP contribution is -2.58. The fourth-order valence-corrected chi connectivity index (χ4v) is 3.50. The number of hydrogen-bond acceptors (Lipinski definition) is 2. The third-order valence-electron chi connectivity index (χ3n) is 4.71. The van der Waals surface area contributed by atoms with Crippen LogP contribution >= 0.6 is 0 Å². The predicted octanol–water partition coefficient (Wildman–Crippen LogP) is 2.61. The van der Waals surface area contributed by atoms with E-state index in [1.165, 1.54) is 4.90 Å². The zero-order chi connectivity index (χ0) is 19.0. The molecule has 0 bridgehead atoms. The average molecular weight is 371 g/mol. The number of rotatable bonds is 3. The van der Waals surface area contributed by atoms with E-state index in [4.69, 9.17) is 0 Å². The molecular weight excluding hydrogens is 349 g/mol. The molecule has 2 aliphatic rings. The van der Waals surface area contributed by atoms with E-state index in [2.05, 4.69) is 5.32 Å². The molecule has 144 valence electrons. The molecule has 3 amide bonds. The van der Waals surface area contributed by atoms with Gasteiger partial charge >= 0.3 is 12.2 Å². The molecule has 10 heteroatoms. The highest BCUT2D eigenvalue weighted by Gasteiger charge is 2.46. The Bertz CT molecular complexity index is 524. The second-order valence-corrected chi connectivity index (χ2v) is 7.24. The van der Waals surface area contributed by atoms with Crippen LogP contribution in [0.4, 0.5) is 26.7 Å². The highest BCUT2D eigenvalue weighted by Crippen LogP contribution is 2.35. The van der Waals surface area contributed by atoms with Crippen molar-refractivity contribution in [1.29, 1.82) is 0 Å². The van der Waals surface area contributed by atoms with E-state index in [1.807, 2.05) is 0 Å². The van der Waals surface area contributed by atoms with E-state index in [9.17, 15) is 31.5 Å². The lowest BCUT2D eigenvalue weighted by molar-refractivity contribution is -0.164. The molecule has 2 unspecified atom stereocenters. The summed E-state index contributed by atoms with van der Waals surface area (Å²) in [5, 5.41) is 2.42. The van der Waals surface area contributed by atoms with E-state index in [1.54, 1.807) is 13.8 Å². The normalized spacial score (nSPS) is 27.1. The molecule has 0 aromatic carbocycles. The lowest BCUT2D eigenvalue weighted by atomic mass is 9.97. The number of nitrogens with one attached hydrogen (secondary N) is 1. The smallest absolute Gasteiger partial charge is 0.332 e. The van der Waals surface area contributed by atoms with Crippen LogP contribution in [0.5, 0.6) is 0 Å². The number of urea groups is 1. The Balaban J connectivity index is 2.01. The van der Waals surface area contributed by atoms with E-state index < -0.39 is 48.6 Å². The van der Waals surface area contributed by atoms with Crippen LogP contribution in [0.3, 0.4) is 0 Å². The first-order valence-corrected chi connectivity index (χ1v) is 8.12. The number of nitrogens with zero attached hydrogens (tertiary/aromatic N) is 2. The first-order valence-electron chi connectivity index (χ1n) is 8.12. The van der Waals surface area contributed by atoms with Crippen molar-refractivity contribution in [3.63, 3.8) is 0 Å². The Morgan fingerprint density at radius 1 is 1.36 bits per heavy atom. The first kappa shape index (κ1) is 19.7. The molecular formula is C15H22F5N3O2. The van der Waals surface area contributed by atoms with Gasteiger partial charge in [0.25, 0.3) is 0 Å². The van der Waals surface area contributed by atoms with Crippen molar-refractivity contribution in [2.24, 2.45) is 5.92 Å². The fraction of sp³-hybridized carbons (Fsp3) is 0.867. The third kappa shape index (κ3) is 4.72. The van der Waals surface area contributed by atoms with Gasteiger partial charge in [0.05, 0.1) is 0 Å². The van der Waals surface area contributed by atoms with E-state index in [0.29, 0.717) is 11.3 Å². The molecule has 0 radical (unpaired) electrons. The number of halogens is 5. The maximum Gasteiger partial charge on any atom is 0.406 e. The SMILES string of the molecule is CC1(C)CC(C(F)F)CN1C(=O)NC1CCCN(CC(F)(F)F)C1=O. The molecule has 0 aliphatic carbocycles. The van der Waals surface area contributed by atoms with Crippen LogP contribution in [0.15, 0.2) is 0 Å². The minimum Gasteiger partial charge on any atom is -0.332 e. The van der Waals surface area contributed by atoms with Crippen LogP contribution in [-0.4, -0.2) is 65.6 Å². The second kappa shape index (κ2) is 6.95. The van der Waals surface area contributed by atoms with Gasteiger partial charge in [-0.2, -0.15) is 13.2 Å². The molecule has 0 saturated carbocycles. The maximum atomic E-state index is 12.9. The molecule has 2 saturated heterocycles. The Morgan fingerprint density at radius 3 is 2.52 bits per heavy atom. The summed E-state index contributed by atoms with van der Waals surface area (Å²) in [6.07, 6.45) is -6.39. The van der Waals surface area contributed by atoms with Crippen LogP contribution in [0.1, 0.15) is 33.1 Å². The minimum atomic E-state index is -4.51. The van der Waals surface area contributed by atoms with Crippen LogP contribution in [0.25, 0.3) is 0 Å². The predicted molar refractivity (Wildman–Crippen MR) is 79.1 cm³/mol. The molecule has 0 aromatic rings. The number of alkyl halides is 5. The Labute approximate surface area is 142 Å². The summed E-state index contributed by atoms with van der Waals surface area (Å²) in [5.41, 5.74) is -0.811. The molecule has 5 nitrogen and oxygen atoms in total. The zero-order valence-electron chi connectivity index (χ0n) is 14.1. The third-order valence-corrected chi connectivity index (χ3v) is 4.71. The summed E-state index contributed by atoms with van der Waals surface area (Å²) in [6.45, 7) is 1.76. The largest absolute Gasteiger partial charge is 0.406 e. The number of likely N-dealkylation sites (tertiary alicyclic amines) is 2. The van der Waals surface area contributed by atoms with Gasteiger partial charge in [-0.15, -0.1) is 0 Å². The molecule has 1 N–H and O–H groups in total. The van der Waals surface area contributed by atoms with Gasteiger partial charge in [0, 0.05) is 24.5 Å². The second-order valence-electron chi connectivity index (χ2n) is 7.24. The first-order chi connectivity index (χ1) is 11.4.